The molecule has 0 saturated carbocycles. The van der Waals surface area contributed by atoms with Gasteiger partial charge in [0.1, 0.15) is 6.04 Å². The number of carboxylic acids is 1. The third-order valence-electron chi connectivity index (χ3n) is 4.20. The second-order valence-electron chi connectivity index (χ2n) is 5.97. The number of rotatable bonds is 6. The van der Waals surface area contributed by atoms with E-state index in [0.29, 0.717) is 10.9 Å². The number of fused-ring (bicyclic) bond motifs is 1. The van der Waals surface area contributed by atoms with Crippen molar-refractivity contribution < 1.29 is 19.5 Å². The number of carbonyl (C=O) groups is 3. The maximum absolute atomic E-state index is 13.0. The van der Waals surface area contributed by atoms with E-state index in [1.54, 1.807) is 31.3 Å². The summed E-state index contributed by atoms with van der Waals surface area (Å²) >= 11 is 0. The molecule has 0 aliphatic carbocycles. The van der Waals surface area contributed by atoms with Crippen LogP contribution in [0.15, 0.2) is 35.1 Å². The lowest BCUT2D eigenvalue weighted by Crippen LogP contribution is -2.47. The third-order valence-corrected chi connectivity index (χ3v) is 4.20. The van der Waals surface area contributed by atoms with Crippen molar-refractivity contribution in [3.05, 3.63) is 46.2 Å². The standard InChI is InChI=1S/C18H21N3O5/c1-11(18(25)26)21(9-8-19-12(2)22)17(24)14-10-16(23)20(3)15-7-5-4-6-13(14)15/h4-7,10-11H,8-9H2,1-3H3,(H,19,22)(H,25,26). The summed E-state index contributed by atoms with van der Waals surface area (Å²) in [5, 5.41) is 12.4. The first-order valence-electron chi connectivity index (χ1n) is 8.11. The number of pyridine rings is 1. The fourth-order valence-electron chi connectivity index (χ4n) is 2.70. The SMILES string of the molecule is CC(=O)NCCN(C(=O)c1cc(=O)n(C)c2ccccc12)C(C)C(=O)O. The molecule has 0 radical (unpaired) electrons. The molecule has 8 nitrogen and oxygen atoms in total. The molecular weight excluding hydrogens is 338 g/mol. The summed E-state index contributed by atoms with van der Waals surface area (Å²) in [6.07, 6.45) is 0. The first-order chi connectivity index (χ1) is 12.2. The molecule has 1 aromatic heterocycles. The van der Waals surface area contributed by atoms with Crippen LogP contribution in [0.3, 0.4) is 0 Å². The molecule has 0 aliphatic rings. The second-order valence-corrected chi connectivity index (χ2v) is 5.97. The summed E-state index contributed by atoms with van der Waals surface area (Å²) in [4.78, 5) is 48.9. The predicted molar refractivity (Wildman–Crippen MR) is 96.0 cm³/mol. The van der Waals surface area contributed by atoms with Crippen molar-refractivity contribution in [3.8, 4) is 0 Å². The minimum atomic E-state index is -1.17. The molecule has 2 amide bonds. The Bertz CT molecular complexity index is 919. The number of para-hydroxylation sites is 1. The van der Waals surface area contributed by atoms with Gasteiger partial charge in [-0.25, -0.2) is 4.79 Å². The van der Waals surface area contributed by atoms with E-state index in [0.717, 1.165) is 4.90 Å². The molecule has 2 rings (SSSR count). The van der Waals surface area contributed by atoms with Crippen LogP contribution in [-0.4, -0.2) is 51.5 Å². The Hall–Kier alpha value is -3.16. The van der Waals surface area contributed by atoms with Crippen LogP contribution in [0.25, 0.3) is 10.9 Å². The average Bonchev–Trinajstić information content (AvgIpc) is 2.60. The highest BCUT2D eigenvalue weighted by Gasteiger charge is 2.28. The molecule has 8 heteroatoms. The van der Waals surface area contributed by atoms with Gasteiger partial charge in [0.15, 0.2) is 0 Å². The van der Waals surface area contributed by atoms with Gasteiger partial charge in [-0.15, -0.1) is 0 Å². The molecule has 0 spiro atoms. The van der Waals surface area contributed by atoms with Gasteiger partial charge in [-0.05, 0) is 13.0 Å². The van der Waals surface area contributed by atoms with Crippen molar-refractivity contribution in [2.75, 3.05) is 13.1 Å². The van der Waals surface area contributed by atoms with Crippen molar-refractivity contribution >= 4 is 28.7 Å². The van der Waals surface area contributed by atoms with Crippen LogP contribution in [0, 0.1) is 0 Å². The molecule has 1 heterocycles. The van der Waals surface area contributed by atoms with Crippen LogP contribution in [0.4, 0.5) is 0 Å². The van der Waals surface area contributed by atoms with E-state index in [4.69, 9.17) is 0 Å². The lowest BCUT2D eigenvalue weighted by atomic mass is 10.1. The van der Waals surface area contributed by atoms with Crippen LogP contribution in [0.1, 0.15) is 24.2 Å². The number of nitrogens with zero attached hydrogens (tertiary/aromatic N) is 2. The Balaban J connectivity index is 2.49. The van der Waals surface area contributed by atoms with E-state index in [9.17, 15) is 24.3 Å². The number of hydrogen-bond acceptors (Lipinski definition) is 4. The first-order valence-corrected chi connectivity index (χ1v) is 8.11. The Kier molecular flexibility index (Phi) is 5.76. The fourth-order valence-corrected chi connectivity index (χ4v) is 2.70. The number of benzene rings is 1. The Labute approximate surface area is 150 Å². The van der Waals surface area contributed by atoms with Gasteiger partial charge in [0.2, 0.25) is 5.91 Å². The fraction of sp³-hybridized carbons (Fsp3) is 0.333. The summed E-state index contributed by atoms with van der Waals surface area (Å²) in [7, 11) is 1.60. The van der Waals surface area contributed by atoms with Crippen molar-refractivity contribution in [3.63, 3.8) is 0 Å². The minimum Gasteiger partial charge on any atom is -0.480 e. The number of carbonyl (C=O) groups excluding carboxylic acids is 2. The van der Waals surface area contributed by atoms with Crippen LogP contribution in [0.5, 0.6) is 0 Å². The van der Waals surface area contributed by atoms with E-state index in [2.05, 4.69) is 5.32 Å². The molecule has 2 aromatic rings. The molecule has 0 aliphatic heterocycles. The van der Waals surface area contributed by atoms with Gasteiger partial charge in [0.25, 0.3) is 11.5 Å². The highest BCUT2D eigenvalue weighted by molar-refractivity contribution is 6.07. The normalized spacial score (nSPS) is 11.8. The Morgan fingerprint density at radius 3 is 2.54 bits per heavy atom. The summed E-state index contributed by atoms with van der Waals surface area (Å²) in [5.41, 5.74) is 0.351. The monoisotopic (exact) mass is 359 g/mol. The second kappa shape index (κ2) is 7.81. The molecule has 138 valence electrons. The number of carboxylic acid groups (broad SMARTS) is 1. The first kappa shape index (κ1) is 19.2. The molecule has 1 atom stereocenters. The van der Waals surface area contributed by atoms with Crippen LogP contribution < -0.4 is 10.9 Å². The van der Waals surface area contributed by atoms with Crippen molar-refractivity contribution in [1.82, 2.24) is 14.8 Å². The number of amides is 2. The summed E-state index contributed by atoms with van der Waals surface area (Å²) in [5.74, 6) is -2.02. The minimum absolute atomic E-state index is 0.00934. The van der Waals surface area contributed by atoms with Gasteiger partial charge in [-0.3, -0.25) is 14.4 Å². The lowest BCUT2D eigenvalue weighted by molar-refractivity contribution is -0.141. The highest BCUT2D eigenvalue weighted by Crippen LogP contribution is 2.19. The van der Waals surface area contributed by atoms with Gasteiger partial charge in [-0.1, -0.05) is 18.2 Å². The van der Waals surface area contributed by atoms with E-state index in [1.165, 1.54) is 24.5 Å². The van der Waals surface area contributed by atoms with Crippen LogP contribution >= 0.6 is 0 Å². The van der Waals surface area contributed by atoms with Crippen molar-refractivity contribution in [1.29, 1.82) is 0 Å². The Morgan fingerprint density at radius 1 is 1.27 bits per heavy atom. The number of hydrogen-bond donors (Lipinski definition) is 2. The molecule has 26 heavy (non-hydrogen) atoms. The molecule has 1 unspecified atom stereocenters. The average molecular weight is 359 g/mol. The predicted octanol–water partition coefficient (Wildman–Crippen LogP) is 0.590. The van der Waals surface area contributed by atoms with Crippen LogP contribution in [-0.2, 0) is 16.6 Å². The van der Waals surface area contributed by atoms with Crippen molar-refractivity contribution in [2.24, 2.45) is 7.05 Å². The van der Waals surface area contributed by atoms with Crippen LogP contribution in [0.2, 0.25) is 0 Å². The largest absolute Gasteiger partial charge is 0.480 e. The van der Waals surface area contributed by atoms with E-state index < -0.39 is 17.9 Å². The van der Waals surface area contributed by atoms with Gasteiger partial charge in [-0.2, -0.15) is 0 Å². The molecule has 0 fully saturated rings. The zero-order valence-corrected chi connectivity index (χ0v) is 14.9. The van der Waals surface area contributed by atoms with E-state index >= 15 is 0 Å². The highest BCUT2D eigenvalue weighted by atomic mass is 16.4. The zero-order valence-electron chi connectivity index (χ0n) is 14.9. The number of aryl methyl sites for hydroxylation is 1. The maximum atomic E-state index is 13.0. The summed E-state index contributed by atoms with van der Waals surface area (Å²) < 4.78 is 1.42. The number of aliphatic carboxylic acids is 1. The van der Waals surface area contributed by atoms with E-state index in [1.807, 2.05) is 0 Å². The summed E-state index contributed by atoms with van der Waals surface area (Å²) in [6, 6.07) is 7.02. The van der Waals surface area contributed by atoms with Gasteiger partial charge in [0, 0.05) is 38.5 Å². The van der Waals surface area contributed by atoms with Crippen molar-refractivity contribution in [2.45, 2.75) is 19.9 Å². The van der Waals surface area contributed by atoms with Gasteiger partial charge >= 0.3 is 5.97 Å². The topological polar surface area (TPSA) is 109 Å². The Morgan fingerprint density at radius 2 is 1.92 bits per heavy atom. The maximum Gasteiger partial charge on any atom is 0.326 e. The smallest absolute Gasteiger partial charge is 0.326 e. The number of aromatic nitrogens is 1. The van der Waals surface area contributed by atoms with Gasteiger partial charge < -0.3 is 19.9 Å². The quantitative estimate of drug-likeness (QED) is 0.785. The molecule has 0 bridgehead atoms. The lowest BCUT2D eigenvalue weighted by Gasteiger charge is -2.27. The molecule has 1 aromatic carbocycles. The zero-order chi connectivity index (χ0) is 19.4. The van der Waals surface area contributed by atoms with E-state index in [-0.39, 0.29) is 30.1 Å². The molecule has 0 saturated heterocycles. The number of nitrogens with one attached hydrogen (secondary N) is 1. The molecule has 2 N–H and O–H groups in total. The van der Waals surface area contributed by atoms with Gasteiger partial charge in [0.05, 0.1) is 11.1 Å². The third kappa shape index (κ3) is 3.90. The molecular formula is C18H21N3O5. The summed E-state index contributed by atoms with van der Waals surface area (Å²) in [6.45, 7) is 2.84.